The molecule has 0 saturated carbocycles. The maximum Gasteiger partial charge on any atom is 0.231 e. The number of halogens is 1. The van der Waals surface area contributed by atoms with Crippen LogP contribution in [-0.2, 0) is 4.79 Å². The lowest BCUT2D eigenvalue weighted by molar-refractivity contribution is -0.120. The van der Waals surface area contributed by atoms with E-state index < -0.39 is 0 Å². The van der Waals surface area contributed by atoms with Crippen molar-refractivity contribution < 1.29 is 9.18 Å². The van der Waals surface area contributed by atoms with E-state index in [4.69, 9.17) is 0 Å². The number of carbonyl (C=O) groups excluding carboxylic acids is 1. The molecule has 150 valence electrons. The molecule has 29 heavy (non-hydrogen) atoms. The molecule has 0 aliphatic carbocycles. The highest BCUT2D eigenvalue weighted by Crippen LogP contribution is 2.42. The second-order valence-corrected chi connectivity index (χ2v) is 8.10. The highest BCUT2D eigenvalue weighted by atomic mass is 19.1. The normalized spacial score (nSPS) is 18.7. The van der Waals surface area contributed by atoms with Crippen molar-refractivity contribution in [1.82, 2.24) is 14.8 Å². The fraction of sp³-hybridized carbons (Fsp3) is 0.348. The maximum atomic E-state index is 13.5. The zero-order valence-corrected chi connectivity index (χ0v) is 16.9. The Morgan fingerprint density at radius 1 is 1.07 bits per heavy atom. The summed E-state index contributed by atoms with van der Waals surface area (Å²) in [5.41, 5.74) is 3.18. The van der Waals surface area contributed by atoms with Crippen LogP contribution in [0.1, 0.15) is 55.5 Å². The number of benzene rings is 2. The van der Waals surface area contributed by atoms with Crippen molar-refractivity contribution >= 4 is 11.9 Å². The van der Waals surface area contributed by atoms with Crippen LogP contribution >= 0.6 is 0 Å². The summed E-state index contributed by atoms with van der Waals surface area (Å²) in [5, 5.41) is 4.41. The van der Waals surface area contributed by atoms with Gasteiger partial charge in [0, 0.05) is 6.42 Å². The molecule has 0 saturated heterocycles. The number of anilines is 1. The molecule has 5 nitrogen and oxygen atoms in total. The van der Waals surface area contributed by atoms with E-state index in [0.717, 1.165) is 11.1 Å². The number of nitrogens with zero attached hydrogens (tertiary/aromatic N) is 4. The molecule has 0 unspecified atom stereocenters. The molecule has 4 rings (SSSR count). The van der Waals surface area contributed by atoms with Gasteiger partial charge in [0.25, 0.3) is 0 Å². The van der Waals surface area contributed by atoms with E-state index in [-0.39, 0.29) is 29.7 Å². The maximum absolute atomic E-state index is 13.5. The van der Waals surface area contributed by atoms with E-state index in [9.17, 15) is 9.18 Å². The van der Waals surface area contributed by atoms with Gasteiger partial charge in [-0.15, -0.1) is 0 Å². The average molecular weight is 392 g/mol. The van der Waals surface area contributed by atoms with Gasteiger partial charge in [0.05, 0.1) is 12.1 Å². The Labute approximate surface area is 170 Å². The summed E-state index contributed by atoms with van der Waals surface area (Å²) in [4.78, 5) is 19.4. The minimum Gasteiger partial charge on any atom is -0.274 e. The number of fused-ring (bicyclic) bond motifs is 1. The molecule has 0 bridgehead atoms. The van der Waals surface area contributed by atoms with Crippen molar-refractivity contribution in [2.75, 3.05) is 4.90 Å². The van der Waals surface area contributed by atoms with Gasteiger partial charge in [-0.2, -0.15) is 10.1 Å². The largest absolute Gasteiger partial charge is 0.274 e. The molecule has 2 atom stereocenters. The number of carbonyl (C=O) groups is 1. The second-order valence-electron chi connectivity index (χ2n) is 8.10. The molecule has 3 aromatic rings. The Kier molecular flexibility index (Phi) is 5.18. The lowest BCUT2D eigenvalue weighted by Crippen LogP contribution is -2.43. The highest BCUT2D eigenvalue weighted by molar-refractivity contribution is 5.93. The summed E-state index contributed by atoms with van der Waals surface area (Å²) in [6.07, 6.45) is 2.57. The summed E-state index contributed by atoms with van der Waals surface area (Å²) in [6.45, 7) is 6.12. The molecule has 2 aromatic carbocycles. The van der Waals surface area contributed by atoms with Gasteiger partial charge >= 0.3 is 0 Å². The third-order valence-electron chi connectivity index (χ3n) is 5.39. The predicted octanol–water partition coefficient (Wildman–Crippen LogP) is 4.84. The van der Waals surface area contributed by atoms with Crippen molar-refractivity contribution in [3.05, 3.63) is 77.4 Å². The first-order valence-corrected chi connectivity index (χ1v) is 9.97. The van der Waals surface area contributed by atoms with Crippen LogP contribution < -0.4 is 4.90 Å². The smallest absolute Gasteiger partial charge is 0.231 e. The summed E-state index contributed by atoms with van der Waals surface area (Å²) < 4.78 is 15.3. The van der Waals surface area contributed by atoms with Crippen LogP contribution in [0.3, 0.4) is 0 Å². The van der Waals surface area contributed by atoms with Crippen LogP contribution in [-0.4, -0.2) is 20.7 Å². The number of aryl methyl sites for hydroxylation is 1. The monoisotopic (exact) mass is 392 g/mol. The number of hydrogen-bond donors (Lipinski definition) is 0. The van der Waals surface area contributed by atoms with Crippen LogP contribution in [0.4, 0.5) is 10.3 Å². The topological polar surface area (TPSA) is 51.0 Å². The third-order valence-corrected chi connectivity index (χ3v) is 5.39. The van der Waals surface area contributed by atoms with Crippen molar-refractivity contribution in [3.63, 3.8) is 0 Å². The Balaban J connectivity index is 1.81. The highest BCUT2D eigenvalue weighted by Gasteiger charge is 2.39. The molecule has 2 heterocycles. The van der Waals surface area contributed by atoms with E-state index in [1.54, 1.807) is 21.7 Å². The average Bonchev–Trinajstić information content (AvgIpc) is 3.17. The molecule has 1 amide bonds. The molecule has 6 heteroatoms. The number of rotatable bonds is 4. The summed E-state index contributed by atoms with van der Waals surface area (Å²) in [7, 11) is 0. The van der Waals surface area contributed by atoms with Crippen LogP contribution in [0.2, 0.25) is 0 Å². The Morgan fingerprint density at radius 3 is 2.34 bits per heavy atom. The first-order valence-electron chi connectivity index (χ1n) is 9.97. The predicted molar refractivity (Wildman–Crippen MR) is 110 cm³/mol. The Hall–Kier alpha value is -3.02. The van der Waals surface area contributed by atoms with E-state index in [1.807, 2.05) is 20.8 Å². The van der Waals surface area contributed by atoms with Gasteiger partial charge in [-0.3, -0.25) is 9.69 Å². The fourth-order valence-corrected chi connectivity index (χ4v) is 3.96. The Bertz CT molecular complexity index is 994. The summed E-state index contributed by atoms with van der Waals surface area (Å²) in [6, 6.07) is 14.5. The van der Waals surface area contributed by atoms with Crippen molar-refractivity contribution in [2.24, 2.45) is 5.92 Å². The zero-order valence-electron chi connectivity index (χ0n) is 16.9. The molecule has 1 aliphatic heterocycles. The molecule has 0 fully saturated rings. The van der Waals surface area contributed by atoms with Gasteiger partial charge in [-0.05, 0) is 42.5 Å². The van der Waals surface area contributed by atoms with Crippen molar-refractivity contribution in [2.45, 2.75) is 45.7 Å². The van der Waals surface area contributed by atoms with Gasteiger partial charge in [-0.25, -0.2) is 9.07 Å². The van der Waals surface area contributed by atoms with Crippen LogP contribution in [0.15, 0.2) is 54.9 Å². The minimum atomic E-state index is -0.271. The molecule has 0 N–H and O–H groups in total. The van der Waals surface area contributed by atoms with Crippen molar-refractivity contribution in [1.29, 1.82) is 0 Å². The van der Waals surface area contributed by atoms with E-state index in [1.165, 1.54) is 24.0 Å². The van der Waals surface area contributed by atoms with Crippen LogP contribution in [0.5, 0.6) is 0 Å². The van der Waals surface area contributed by atoms with Crippen LogP contribution in [0, 0.1) is 18.7 Å². The molecule has 1 aliphatic rings. The second kappa shape index (κ2) is 7.78. The minimum absolute atomic E-state index is 0.0392. The first kappa shape index (κ1) is 19.3. The Morgan fingerprint density at radius 2 is 1.69 bits per heavy atom. The lowest BCUT2D eigenvalue weighted by atomic mass is 9.91. The standard InChI is InChI=1S/C23H25FN4O/c1-15(2)12-22(29)27-20(17-6-4-16(3)5-7-17)13-21(28-23(27)25-14-26-28)18-8-10-19(24)11-9-18/h4-11,14-15,20-21H,12-13H2,1-3H3/t20-,21-/m1/s1. The zero-order chi connectivity index (χ0) is 20.5. The van der Waals surface area contributed by atoms with Crippen molar-refractivity contribution in [3.8, 4) is 0 Å². The molecule has 0 radical (unpaired) electrons. The number of aromatic nitrogens is 3. The number of hydrogen-bond acceptors (Lipinski definition) is 3. The SMILES string of the molecule is Cc1ccc([C@H]2C[C@H](c3ccc(F)cc3)n3ncnc3N2C(=O)CC(C)C)cc1. The lowest BCUT2D eigenvalue weighted by Gasteiger charge is -2.39. The van der Waals surface area contributed by atoms with Crippen LogP contribution in [0.25, 0.3) is 0 Å². The van der Waals surface area contributed by atoms with Gasteiger partial charge < -0.3 is 0 Å². The van der Waals surface area contributed by atoms with Gasteiger partial charge in [0.1, 0.15) is 12.1 Å². The molecular formula is C23H25FN4O. The first-order chi connectivity index (χ1) is 13.9. The van der Waals surface area contributed by atoms with E-state index in [2.05, 4.69) is 34.3 Å². The quantitative estimate of drug-likeness (QED) is 0.638. The molecule has 1 aromatic heterocycles. The summed E-state index contributed by atoms with van der Waals surface area (Å²) >= 11 is 0. The van der Waals surface area contributed by atoms with E-state index >= 15 is 0 Å². The van der Waals surface area contributed by atoms with Gasteiger partial charge in [0.2, 0.25) is 11.9 Å². The van der Waals surface area contributed by atoms with E-state index in [0.29, 0.717) is 18.8 Å². The van der Waals surface area contributed by atoms with Gasteiger partial charge in [0.15, 0.2) is 0 Å². The molecule has 0 spiro atoms. The number of amides is 1. The summed E-state index contributed by atoms with van der Waals surface area (Å²) in [5.74, 6) is 0.554. The fourth-order valence-electron chi connectivity index (χ4n) is 3.96. The van der Waals surface area contributed by atoms with Gasteiger partial charge in [-0.1, -0.05) is 55.8 Å². The third kappa shape index (κ3) is 3.79. The molecular weight excluding hydrogens is 367 g/mol.